The van der Waals surface area contributed by atoms with Crippen molar-refractivity contribution >= 4 is 12.0 Å². The molecule has 0 radical (unpaired) electrons. The highest BCUT2D eigenvalue weighted by atomic mass is 16.3. The first-order chi connectivity index (χ1) is 8.63. The van der Waals surface area contributed by atoms with Gasteiger partial charge in [-0.05, 0) is 30.2 Å². The van der Waals surface area contributed by atoms with Crippen LogP contribution in [-0.4, -0.2) is 22.7 Å². The molecule has 0 aromatic heterocycles. The average Bonchev–Trinajstić information content (AvgIpc) is 2.36. The van der Waals surface area contributed by atoms with Crippen LogP contribution in [0.25, 0.3) is 6.08 Å². The predicted octanol–water partition coefficient (Wildman–Crippen LogP) is 2.42. The highest BCUT2D eigenvalue weighted by Gasteiger charge is 1.99. The Hall–Kier alpha value is -1.97. The van der Waals surface area contributed by atoms with Gasteiger partial charge in [-0.1, -0.05) is 25.8 Å². The van der Waals surface area contributed by atoms with Crippen LogP contribution in [0.15, 0.2) is 24.3 Å². The summed E-state index contributed by atoms with van der Waals surface area (Å²) in [4.78, 5) is 11.4. The molecule has 0 aliphatic rings. The van der Waals surface area contributed by atoms with Crippen molar-refractivity contribution in [2.24, 2.45) is 0 Å². The molecule has 4 nitrogen and oxygen atoms in total. The van der Waals surface area contributed by atoms with Gasteiger partial charge in [-0.3, -0.25) is 4.79 Å². The molecule has 0 heterocycles. The van der Waals surface area contributed by atoms with E-state index in [2.05, 4.69) is 12.2 Å². The van der Waals surface area contributed by atoms with Crippen LogP contribution in [0.1, 0.15) is 31.7 Å². The number of nitrogens with one attached hydrogen (secondary N) is 1. The fraction of sp³-hybridized carbons (Fsp3) is 0.357. The molecule has 3 N–H and O–H groups in total. The number of hydrogen-bond acceptors (Lipinski definition) is 3. The van der Waals surface area contributed by atoms with Crippen molar-refractivity contribution in [2.45, 2.75) is 26.2 Å². The number of hydrogen-bond donors (Lipinski definition) is 3. The van der Waals surface area contributed by atoms with Crippen LogP contribution in [0.2, 0.25) is 0 Å². The van der Waals surface area contributed by atoms with E-state index in [1.165, 1.54) is 18.2 Å². The van der Waals surface area contributed by atoms with E-state index in [1.807, 2.05) is 0 Å². The lowest BCUT2D eigenvalue weighted by molar-refractivity contribution is -0.116. The topological polar surface area (TPSA) is 69.6 Å². The minimum Gasteiger partial charge on any atom is -0.504 e. The second kappa shape index (κ2) is 7.37. The Morgan fingerprint density at radius 1 is 1.28 bits per heavy atom. The van der Waals surface area contributed by atoms with Gasteiger partial charge < -0.3 is 15.5 Å². The summed E-state index contributed by atoms with van der Waals surface area (Å²) in [7, 11) is 0. The number of carbonyl (C=O) groups is 1. The second-order valence-corrected chi connectivity index (χ2v) is 4.08. The minimum absolute atomic E-state index is 0.154. The SMILES string of the molecule is CCCCCNC(=O)C=Cc1ccc(O)c(O)c1. The lowest BCUT2D eigenvalue weighted by atomic mass is 10.2. The summed E-state index contributed by atoms with van der Waals surface area (Å²) in [6.07, 6.45) is 6.22. The summed E-state index contributed by atoms with van der Waals surface area (Å²) in [5.41, 5.74) is 0.661. The van der Waals surface area contributed by atoms with Crippen LogP contribution in [0, 0.1) is 0 Å². The van der Waals surface area contributed by atoms with Crippen LogP contribution >= 0.6 is 0 Å². The maximum absolute atomic E-state index is 11.4. The second-order valence-electron chi connectivity index (χ2n) is 4.08. The van der Waals surface area contributed by atoms with Crippen molar-refractivity contribution in [3.63, 3.8) is 0 Å². The Bertz CT molecular complexity index is 427. The zero-order valence-corrected chi connectivity index (χ0v) is 10.5. The van der Waals surface area contributed by atoms with Gasteiger partial charge in [0.2, 0.25) is 5.91 Å². The van der Waals surface area contributed by atoms with Gasteiger partial charge in [0.05, 0.1) is 0 Å². The summed E-state index contributed by atoms with van der Waals surface area (Å²) < 4.78 is 0. The van der Waals surface area contributed by atoms with Crippen molar-refractivity contribution in [1.29, 1.82) is 0 Å². The van der Waals surface area contributed by atoms with E-state index in [9.17, 15) is 9.90 Å². The average molecular weight is 249 g/mol. The number of rotatable bonds is 6. The van der Waals surface area contributed by atoms with E-state index in [0.29, 0.717) is 12.1 Å². The molecule has 1 aromatic carbocycles. The first-order valence-electron chi connectivity index (χ1n) is 6.11. The van der Waals surface area contributed by atoms with Crippen LogP contribution in [0.5, 0.6) is 11.5 Å². The predicted molar refractivity (Wildman–Crippen MR) is 71.3 cm³/mol. The molecule has 0 bridgehead atoms. The smallest absolute Gasteiger partial charge is 0.243 e. The number of benzene rings is 1. The zero-order chi connectivity index (χ0) is 13.4. The fourth-order valence-electron chi connectivity index (χ4n) is 1.46. The maximum atomic E-state index is 11.4. The van der Waals surface area contributed by atoms with Crippen LogP contribution in [0.3, 0.4) is 0 Å². The monoisotopic (exact) mass is 249 g/mol. The summed E-state index contributed by atoms with van der Waals surface area (Å²) in [5.74, 6) is -0.518. The fourth-order valence-corrected chi connectivity index (χ4v) is 1.46. The van der Waals surface area contributed by atoms with Gasteiger partial charge in [0, 0.05) is 12.6 Å². The Kier molecular flexibility index (Phi) is 5.77. The maximum Gasteiger partial charge on any atom is 0.243 e. The quantitative estimate of drug-likeness (QED) is 0.412. The van der Waals surface area contributed by atoms with E-state index in [4.69, 9.17) is 5.11 Å². The number of phenols is 2. The van der Waals surface area contributed by atoms with Crippen LogP contribution in [0.4, 0.5) is 0 Å². The first kappa shape index (κ1) is 14.1. The Morgan fingerprint density at radius 3 is 2.72 bits per heavy atom. The zero-order valence-electron chi connectivity index (χ0n) is 10.5. The highest BCUT2D eigenvalue weighted by Crippen LogP contribution is 2.25. The molecule has 1 amide bonds. The van der Waals surface area contributed by atoms with Gasteiger partial charge >= 0.3 is 0 Å². The van der Waals surface area contributed by atoms with Crippen LogP contribution in [-0.2, 0) is 4.79 Å². The molecule has 0 aliphatic heterocycles. The molecule has 18 heavy (non-hydrogen) atoms. The molecule has 0 atom stereocenters. The molecular formula is C14H19NO3. The number of carbonyl (C=O) groups excluding carboxylic acids is 1. The highest BCUT2D eigenvalue weighted by molar-refractivity contribution is 5.91. The minimum atomic E-state index is -0.194. The van der Waals surface area contributed by atoms with Crippen molar-refractivity contribution in [1.82, 2.24) is 5.32 Å². The van der Waals surface area contributed by atoms with Crippen LogP contribution < -0.4 is 5.32 Å². The van der Waals surface area contributed by atoms with Gasteiger partial charge in [-0.15, -0.1) is 0 Å². The summed E-state index contributed by atoms with van der Waals surface area (Å²) in [6.45, 7) is 2.79. The molecular weight excluding hydrogens is 230 g/mol. The van der Waals surface area contributed by atoms with Gasteiger partial charge in [-0.25, -0.2) is 0 Å². The number of amides is 1. The standard InChI is InChI=1S/C14H19NO3/c1-2-3-4-9-15-14(18)8-6-11-5-7-12(16)13(17)10-11/h5-8,10,16-17H,2-4,9H2,1H3,(H,15,18). The molecule has 0 unspecified atom stereocenters. The molecule has 4 heteroatoms. The van der Waals surface area contributed by atoms with E-state index in [-0.39, 0.29) is 17.4 Å². The molecule has 0 saturated carbocycles. The number of phenolic OH excluding ortho intramolecular Hbond substituents is 2. The molecule has 98 valence electrons. The molecule has 0 saturated heterocycles. The van der Waals surface area contributed by atoms with E-state index >= 15 is 0 Å². The molecule has 1 aromatic rings. The Morgan fingerprint density at radius 2 is 2.06 bits per heavy atom. The Balaban J connectivity index is 2.43. The largest absolute Gasteiger partial charge is 0.504 e. The third-order valence-corrected chi connectivity index (χ3v) is 2.51. The lowest BCUT2D eigenvalue weighted by Crippen LogP contribution is -2.21. The normalized spacial score (nSPS) is 10.7. The van der Waals surface area contributed by atoms with E-state index in [0.717, 1.165) is 19.3 Å². The van der Waals surface area contributed by atoms with E-state index < -0.39 is 0 Å². The third-order valence-electron chi connectivity index (χ3n) is 2.51. The van der Waals surface area contributed by atoms with Gasteiger partial charge in [0.25, 0.3) is 0 Å². The number of aromatic hydroxyl groups is 2. The molecule has 0 fully saturated rings. The summed E-state index contributed by atoms with van der Waals surface area (Å²) >= 11 is 0. The molecule has 0 spiro atoms. The van der Waals surface area contributed by atoms with Gasteiger partial charge in [0.15, 0.2) is 11.5 Å². The van der Waals surface area contributed by atoms with Crippen molar-refractivity contribution in [2.75, 3.05) is 6.54 Å². The van der Waals surface area contributed by atoms with Crippen molar-refractivity contribution in [3.8, 4) is 11.5 Å². The molecule has 0 aliphatic carbocycles. The van der Waals surface area contributed by atoms with Gasteiger partial charge in [0.1, 0.15) is 0 Å². The van der Waals surface area contributed by atoms with Crippen molar-refractivity contribution in [3.05, 3.63) is 29.8 Å². The van der Waals surface area contributed by atoms with E-state index in [1.54, 1.807) is 12.1 Å². The molecule has 1 rings (SSSR count). The Labute approximate surface area is 107 Å². The first-order valence-corrected chi connectivity index (χ1v) is 6.11. The summed E-state index contributed by atoms with van der Waals surface area (Å²) in [5, 5.41) is 21.2. The van der Waals surface area contributed by atoms with Crippen molar-refractivity contribution < 1.29 is 15.0 Å². The summed E-state index contributed by atoms with van der Waals surface area (Å²) in [6, 6.07) is 4.40. The number of unbranched alkanes of at least 4 members (excludes halogenated alkanes) is 2. The van der Waals surface area contributed by atoms with Gasteiger partial charge in [-0.2, -0.15) is 0 Å². The third kappa shape index (κ3) is 4.91. The lowest BCUT2D eigenvalue weighted by Gasteiger charge is -2.01.